The molecule has 1 saturated carbocycles. The predicted molar refractivity (Wildman–Crippen MR) is 253 cm³/mol. The van der Waals surface area contributed by atoms with Crippen molar-refractivity contribution in [1.29, 1.82) is 0 Å². The number of nitrogens with zero attached hydrogens (tertiary/aromatic N) is 1. The molecule has 344 valence electrons. The molecule has 2 N–H and O–H groups in total. The molecule has 6 unspecified atom stereocenters. The van der Waals surface area contributed by atoms with Crippen molar-refractivity contribution >= 4 is 23.8 Å². The molecule has 0 amide bonds. The van der Waals surface area contributed by atoms with E-state index in [1.807, 2.05) is 30.0 Å². The molecule has 5 rings (SSSR count). The predicted octanol–water partition coefficient (Wildman–Crippen LogP) is 12.8. The SMILES string of the molecule is C=CCOC12Oc3ccc(Oc4ccc(OC)c(C=O)c4)cc3C3C(CCCCO)C(CCCCO)C=C(C(=NOC)CC1SCCCCCCCCCCCCCCCC)C32. The van der Waals surface area contributed by atoms with Crippen LogP contribution < -0.4 is 14.2 Å². The number of carbonyl (C=O) groups excluding carboxylic acids is 1. The number of oxime groups is 1. The molecule has 62 heavy (non-hydrogen) atoms. The molecular weight excluding hydrogens is 799 g/mol. The number of rotatable bonds is 32. The lowest BCUT2D eigenvalue weighted by atomic mass is 9.56. The first-order chi connectivity index (χ1) is 30.5. The minimum Gasteiger partial charge on any atom is -0.496 e. The first kappa shape index (κ1) is 49.7. The third-order valence-electron chi connectivity index (χ3n) is 13.2. The van der Waals surface area contributed by atoms with Crippen LogP contribution in [0.3, 0.4) is 0 Å². The second-order valence-electron chi connectivity index (χ2n) is 17.5. The van der Waals surface area contributed by atoms with Gasteiger partial charge in [-0.3, -0.25) is 4.79 Å². The number of benzene rings is 2. The first-order valence-corrected chi connectivity index (χ1v) is 25.1. The Kier molecular flexibility index (Phi) is 21.7. The number of fused-ring (bicyclic) bond motifs is 2. The van der Waals surface area contributed by atoms with Gasteiger partial charge < -0.3 is 34.0 Å². The summed E-state index contributed by atoms with van der Waals surface area (Å²) in [6.45, 7) is 6.99. The number of allylic oxidation sites excluding steroid dienone is 1. The second-order valence-corrected chi connectivity index (χ2v) is 18.8. The van der Waals surface area contributed by atoms with Crippen molar-refractivity contribution in [3.63, 3.8) is 0 Å². The summed E-state index contributed by atoms with van der Waals surface area (Å²) in [6.07, 6.45) is 29.4. The summed E-state index contributed by atoms with van der Waals surface area (Å²) >= 11 is 1.94. The van der Waals surface area contributed by atoms with Gasteiger partial charge >= 0.3 is 0 Å². The van der Waals surface area contributed by atoms with Crippen LogP contribution in [0.15, 0.2) is 65.9 Å². The zero-order chi connectivity index (χ0) is 44.0. The first-order valence-electron chi connectivity index (χ1n) is 24.0. The maximum atomic E-state index is 11.9. The van der Waals surface area contributed by atoms with Crippen molar-refractivity contribution in [3.8, 4) is 23.0 Å². The Balaban J connectivity index is 1.41. The molecule has 0 radical (unpaired) electrons. The van der Waals surface area contributed by atoms with Crippen molar-refractivity contribution in [2.24, 2.45) is 22.9 Å². The molecule has 0 saturated heterocycles. The van der Waals surface area contributed by atoms with Crippen LogP contribution in [-0.2, 0) is 9.57 Å². The van der Waals surface area contributed by atoms with Crippen LogP contribution in [0.4, 0.5) is 0 Å². The van der Waals surface area contributed by atoms with E-state index >= 15 is 0 Å². The highest BCUT2D eigenvalue weighted by molar-refractivity contribution is 8.00. The van der Waals surface area contributed by atoms with E-state index in [-0.39, 0.29) is 42.1 Å². The van der Waals surface area contributed by atoms with Crippen LogP contribution >= 0.6 is 11.8 Å². The van der Waals surface area contributed by atoms with Gasteiger partial charge in [-0.05, 0) is 91.7 Å². The highest BCUT2D eigenvalue weighted by atomic mass is 32.2. The van der Waals surface area contributed by atoms with Gasteiger partial charge in [0.05, 0.1) is 36.2 Å². The van der Waals surface area contributed by atoms with Gasteiger partial charge in [0, 0.05) is 31.1 Å². The molecule has 6 atom stereocenters. The highest BCUT2D eigenvalue weighted by Crippen LogP contribution is 2.62. The Morgan fingerprint density at radius 1 is 0.839 bits per heavy atom. The van der Waals surface area contributed by atoms with Gasteiger partial charge in [-0.1, -0.05) is 121 Å². The smallest absolute Gasteiger partial charge is 0.230 e. The molecule has 1 heterocycles. The van der Waals surface area contributed by atoms with E-state index in [1.54, 1.807) is 32.4 Å². The monoisotopic (exact) mass is 876 g/mol. The molecule has 9 nitrogen and oxygen atoms in total. The lowest BCUT2D eigenvalue weighted by Gasteiger charge is -2.58. The molecule has 0 bridgehead atoms. The number of thioether (sulfide) groups is 1. The number of aliphatic hydroxyl groups is 2. The minimum atomic E-state index is -0.992. The largest absolute Gasteiger partial charge is 0.496 e. The molecule has 2 aliphatic carbocycles. The summed E-state index contributed by atoms with van der Waals surface area (Å²) < 4.78 is 26.3. The van der Waals surface area contributed by atoms with Crippen LogP contribution in [-0.4, -0.2) is 73.0 Å². The Morgan fingerprint density at radius 2 is 1.48 bits per heavy atom. The fraction of sp³-hybridized carbons (Fsp3) is 0.654. The summed E-state index contributed by atoms with van der Waals surface area (Å²) in [7, 11) is 3.17. The third-order valence-corrected chi connectivity index (χ3v) is 14.6. The second kappa shape index (κ2) is 27.1. The van der Waals surface area contributed by atoms with Crippen LogP contribution in [0.1, 0.15) is 164 Å². The molecule has 0 aromatic heterocycles. The van der Waals surface area contributed by atoms with Crippen LogP contribution in [0.2, 0.25) is 0 Å². The normalized spacial score (nSPS) is 23.2. The van der Waals surface area contributed by atoms with Crippen LogP contribution in [0.5, 0.6) is 23.0 Å². The zero-order valence-corrected chi connectivity index (χ0v) is 39.0. The number of carbonyl (C=O) groups is 1. The van der Waals surface area contributed by atoms with Gasteiger partial charge in [0.1, 0.15) is 30.1 Å². The number of aliphatic hydroxyl groups excluding tert-OH is 2. The summed E-state index contributed by atoms with van der Waals surface area (Å²) in [4.78, 5) is 17.5. The standard InChI is InChI=1S/C52H77NO8S/c1-5-7-8-9-10-11-12-13-14-15-16-17-18-23-33-62-49-37-46(53-58-4)44-35-39(24-19-21-30-54)43(25-20-22-31-55)50-45-36-42(60-41-26-28-47(57-3)40(34-41)38-56)27-29-48(45)61-52(49,51(44)50)59-32-6-2/h6,26-29,34-36,38-39,43,49-51,54-55H,2,5,7-25,30-33,37H2,1,3-4H3. The van der Waals surface area contributed by atoms with E-state index < -0.39 is 5.79 Å². The van der Waals surface area contributed by atoms with E-state index in [2.05, 4.69) is 25.6 Å². The Hall–Kier alpha value is -3.31. The maximum absolute atomic E-state index is 11.9. The van der Waals surface area contributed by atoms with E-state index in [9.17, 15) is 15.0 Å². The van der Waals surface area contributed by atoms with Crippen molar-refractivity contribution < 1.29 is 38.8 Å². The Morgan fingerprint density at radius 3 is 2.11 bits per heavy atom. The average Bonchev–Trinajstić information content (AvgIpc) is 3.29. The molecule has 10 heteroatoms. The van der Waals surface area contributed by atoms with E-state index in [0.29, 0.717) is 35.8 Å². The molecule has 0 spiro atoms. The van der Waals surface area contributed by atoms with Gasteiger partial charge in [-0.2, -0.15) is 11.8 Å². The highest BCUT2D eigenvalue weighted by Gasteiger charge is 2.64. The van der Waals surface area contributed by atoms with Gasteiger partial charge in [-0.15, -0.1) is 6.58 Å². The number of unbranched alkanes of at least 4 members (excludes halogenated alkanes) is 15. The molecule has 3 aliphatic rings. The van der Waals surface area contributed by atoms with Gasteiger partial charge in [0.15, 0.2) is 6.29 Å². The van der Waals surface area contributed by atoms with Crippen LogP contribution in [0.25, 0.3) is 0 Å². The van der Waals surface area contributed by atoms with Gasteiger partial charge in [-0.25, -0.2) is 0 Å². The Labute approximate surface area is 377 Å². The van der Waals surface area contributed by atoms with Crippen LogP contribution in [0, 0.1) is 17.8 Å². The summed E-state index contributed by atoms with van der Waals surface area (Å²) in [5.41, 5.74) is 3.52. The summed E-state index contributed by atoms with van der Waals surface area (Å²) in [5, 5.41) is 24.4. The quantitative estimate of drug-likeness (QED) is 0.0321. The van der Waals surface area contributed by atoms with E-state index in [1.165, 1.54) is 83.5 Å². The molecule has 2 aromatic carbocycles. The average molecular weight is 876 g/mol. The van der Waals surface area contributed by atoms with Gasteiger partial charge in [0.2, 0.25) is 5.79 Å². The summed E-state index contributed by atoms with van der Waals surface area (Å²) in [5.74, 6) is 2.61. The van der Waals surface area contributed by atoms with Gasteiger partial charge in [0.25, 0.3) is 0 Å². The number of aldehydes is 1. The molecule has 1 aliphatic heterocycles. The van der Waals surface area contributed by atoms with Crippen molar-refractivity contribution in [3.05, 3.63) is 71.8 Å². The maximum Gasteiger partial charge on any atom is 0.230 e. The fourth-order valence-corrected chi connectivity index (χ4v) is 11.6. The van der Waals surface area contributed by atoms with E-state index in [0.717, 1.165) is 79.6 Å². The minimum absolute atomic E-state index is 0.0298. The topological polar surface area (TPSA) is 116 Å². The fourth-order valence-electron chi connectivity index (χ4n) is 10.2. The van der Waals surface area contributed by atoms with Crippen molar-refractivity contribution in [1.82, 2.24) is 0 Å². The number of hydrogen-bond acceptors (Lipinski definition) is 10. The molecular formula is C52H77NO8S. The van der Waals surface area contributed by atoms with E-state index in [4.69, 9.17) is 28.9 Å². The number of hydrogen-bond donors (Lipinski definition) is 2. The lowest BCUT2D eigenvalue weighted by molar-refractivity contribution is -0.223. The van der Waals surface area contributed by atoms with Crippen molar-refractivity contribution in [2.45, 2.75) is 159 Å². The number of methoxy groups -OCH3 is 1. The Bertz CT molecular complexity index is 1710. The molecule has 2 aromatic rings. The molecule has 1 fully saturated rings. The lowest BCUT2D eigenvalue weighted by Crippen LogP contribution is -2.64. The number of ether oxygens (including phenoxy) is 4. The zero-order valence-electron chi connectivity index (χ0n) is 38.2. The van der Waals surface area contributed by atoms with Crippen molar-refractivity contribution in [2.75, 3.05) is 39.8 Å². The third kappa shape index (κ3) is 13.4. The summed E-state index contributed by atoms with van der Waals surface area (Å²) in [6, 6.07) is 11.3.